The van der Waals surface area contributed by atoms with Crippen LogP contribution < -0.4 is 10.2 Å². The van der Waals surface area contributed by atoms with Crippen LogP contribution in [0.1, 0.15) is 44.7 Å². The normalized spacial score (nSPS) is 18.8. The molecule has 0 aliphatic carbocycles. The molecule has 48 heavy (non-hydrogen) atoms. The summed E-state index contributed by atoms with van der Waals surface area (Å²) in [6.07, 6.45) is 7.57. The van der Waals surface area contributed by atoms with Gasteiger partial charge < -0.3 is 10.4 Å². The molecule has 4 heterocycles. The van der Waals surface area contributed by atoms with Gasteiger partial charge in [-0.25, -0.2) is 28.3 Å². The van der Waals surface area contributed by atoms with Gasteiger partial charge in [-0.3, -0.25) is 14.2 Å². The molecule has 6 rings (SSSR count). The quantitative estimate of drug-likeness (QED) is 0.226. The highest BCUT2D eigenvalue weighted by atomic mass is 35.5. The monoisotopic (exact) mass is 711 g/mol. The molecular formula is C33H35Cl2N7O5S. The molecule has 2 aliphatic heterocycles. The van der Waals surface area contributed by atoms with Gasteiger partial charge in [0, 0.05) is 41.0 Å². The Morgan fingerprint density at radius 2 is 1.73 bits per heavy atom. The molecule has 2 amide bonds. The molecule has 1 saturated heterocycles. The standard InChI is InChI=1S/C33H35Cl2N7O5S/c1-20(2)10-26(18-43)39-31(44)28-4-3-9-40(28)48(46,47)30-17-38-33-41(27-13-24(34)12-25(35)14-27)32(45)29(42(30)33)11-21-5-7-22(8-6-21)23-15-36-19-37-16-23/h5-8,12-17,19-20,26,28-29,43H,3-4,9-11,18H2,1-2H3,(H,39,44)/t26-,28-,29+/m0/s1. The van der Waals surface area contributed by atoms with E-state index in [2.05, 4.69) is 20.3 Å². The van der Waals surface area contributed by atoms with Gasteiger partial charge in [-0.1, -0.05) is 61.3 Å². The van der Waals surface area contributed by atoms with Crippen LogP contribution in [-0.2, 0) is 26.0 Å². The van der Waals surface area contributed by atoms with Crippen molar-refractivity contribution in [3.05, 3.63) is 83.0 Å². The van der Waals surface area contributed by atoms with Gasteiger partial charge >= 0.3 is 0 Å². The van der Waals surface area contributed by atoms with Crippen molar-refractivity contribution >= 4 is 56.7 Å². The fourth-order valence-corrected chi connectivity index (χ4v) is 8.70. The molecule has 4 aromatic rings. The lowest BCUT2D eigenvalue weighted by Crippen LogP contribution is -2.50. The average molecular weight is 713 g/mol. The zero-order valence-corrected chi connectivity index (χ0v) is 28.7. The maximum atomic E-state index is 14.4. The lowest BCUT2D eigenvalue weighted by Gasteiger charge is -2.26. The zero-order valence-electron chi connectivity index (χ0n) is 26.3. The van der Waals surface area contributed by atoms with Crippen LogP contribution in [0.25, 0.3) is 11.1 Å². The zero-order chi connectivity index (χ0) is 34.2. The van der Waals surface area contributed by atoms with E-state index in [1.165, 1.54) is 32.4 Å². The minimum atomic E-state index is -4.33. The van der Waals surface area contributed by atoms with Crippen molar-refractivity contribution in [2.24, 2.45) is 5.92 Å². The molecular weight excluding hydrogens is 677 g/mol. The molecule has 0 saturated carbocycles. The van der Waals surface area contributed by atoms with Crippen LogP contribution in [0.3, 0.4) is 0 Å². The number of hydrogen-bond acceptors (Lipinski definition) is 8. The summed E-state index contributed by atoms with van der Waals surface area (Å²) in [5, 5.41) is 13.1. The highest BCUT2D eigenvalue weighted by Crippen LogP contribution is 2.42. The smallest absolute Gasteiger partial charge is 0.261 e. The predicted octanol–water partition coefficient (Wildman–Crippen LogP) is 4.79. The summed E-state index contributed by atoms with van der Waals surface area (Å²) in [6, 6.07) is 9.72. The molecule has 2 aromatic carbocycles. The number of sulfonamides is 1. The van der Waals surface area contributed by atoms with Crippen molar-refractivity contribution < 1.29 is 23.1 Å². The van der Waals surface area contributed by atoms with E-state index in [-0.39, 0.29) is 36.5 Å². The van der Waals surface area contributed by atoms with E-state index in [0.717, 1.165) is 16.7 Å². The molecule has 1 fully saturated rings. The Hall–Kier alpha value is -3.88. The fourth-order valence-electron chi connectivity index (χ4n) is 6.39. The van der Waals surface area contributed by atoms with Crippen LogP contribution >= 0.6 is 23.2 Å². The van der Waals surface area contributed by atoms with E-state index in [1.54, 1.807) is 24.5 Å². The number of hydrogen-bond donors (Lipinski definition) is 2. The number of amides is 2. The Morgan fingerprint density at radius 3 is 2.38 bits per heavy atom. The van der Waals surface area contributed by atoms with E-state index < -0.39 is 40.0 Å². The van der Waals surface area contributed by atoms with Gasteiger partial charge in [0.15, 0.2) is 5.03 Å². The van der Waals surface area contributed by atoms with Crippen LogP contribution in [0.5, 0.6) is 0 Å². The van der Waals surface area contributed by atoms with Gasteiger partial charge in [0.05, 0.1) is 24.5 Å². The van der Waals surface area contributed by atoms with Crippen LogP contribution in [0.2, 0.25) is 10.0 Å². The van der Waals surface area contributed by atoms with Gasteiger partial charge in [0.25, 0.3) is 15.9 Å². The second-order valence-corrected chi connectivity index (χ2v) is 15.1. The van der Waals surface area contributed by atoms with E-state index in [9.17, 15) is 23.1 Å². The number of carbonyl (C=O) groups excluding carboxylic acids is 2. The lowest BCUT2D eigenvalue weighted by atomic mass is 10.0. The van der Waals surface area contributed by atoms with Crippen molar-refractivity contribution in [2.75, 3.05) is 18.1 Å². The topological polar surface area (TPSA) is 151 Å². The van der Waals surface area contributed by atoms with Gasteiger partial charge in [0.1, 0.15) is 18.4 Å². The molecule has 2 N–H and O–H groups in total. The number of aromatic nitrogens is 4. The molecule has 2 aromatic heterocycles. The summed E-state index contributed by atoms with van der Waals surface area (Å²) in [6.45, 7) is 3.82. The fraction of sp³-hybridized carbons (Fsp3) is 0.364. The van der Waals surface area contributed by atoms with Crippen molar-refractivity contribution in [2.45, 2.75) is 62.7 Å². The first-order chi connectivity index (χ1) is 23.0. The molecule has 0 unspecified atom stereocenters. The molecule has 0 radical (unpaired) electrons. The van der Waals surface area contributed by atoms with Crippen LogP contribution in [-0.4, -0.2) is 74.4 Å². The van der Waals surface area contributed by atoms with E-state index in [4.69, 9.17) is 23.2 Å². The van der Waals surface area contributed by atoms with Crippen molar-refractivity contribution in [1.82, 2.24) is 29.1 Å². The third-order valence-electron chi connectivity index (χ3n) is 8.54. The first kappa shape index (κ1) is 34.0. The van der Waals surface area contributed by atoms with E-state index >= 15 is 0 Å². The molecule has 2 aliphatic rings. The minimum Gasteiger partial charge on any atom is -0.394 e. The first-order valence-electron chi connectivity index (χ1n) is 15.6. The second-order valence-electron chi connectivity index (χ2n) is 12.4. The van der Waals surface area contributed by atoms with Crippen LogP contribution in [0.15, 0.2) is 72.4 Å². The number of imidazole rings is 1. The molecule has 3 atom stereocenters. The predicted molar refractivity (Wildman–Crippen MR) is 181 cm³/mol. The maximum Gasteiger partial charge on any atom is 0.261 e. The Labute approximate surface area is 288 Å². The number of fused-ring (bicyclic) bond motifs is 1. The average Bonchev–Trinajstić information content (AvgIpc) is 3.78. The summed E-state index contributed by atoms with van der Waals surface area (Å²) in [7, 11) is -4.33. The number of nitrogens with one attached hydrogen (secondary N) is 1. The summed E-state index contributed by atoms with van der Waals surface area (Å²) in [4.78, 5) is 41.5. The molecule has 0 bridgehead atoms. The summed E-state index contributed by atoms with van der Waals surface area (Å²) in [5.41, 5.74) is 2.83. The van der Waals surface area contributed by atoms with Crippen molar-refractivity contribution in [1.29, 1.82) is 0 Å². The van der Waals surface area contributed by atoms with Crippen LogP contribution in [0, 0.1) is 5.92 Å². The number of aliphatic hydroxyl groups is 1. The van der Waals surface area contributed by atoms with Gasteiger partial charge in [0.2, 0.25) is 11.9 Å². The van der Waals surface area contributed by atoms with E-state index in [1.807, 2.05) is 38.1 Å². The molecule has 15 heteroatoms. The first-order valence-corrected chi connectivity index (χ1v) is 17.8. The third-order valence-corrected chi connectivity index (χ3v) is 10.9. The van der Waals surface area contributed by atoms with Gasteiger partial charge in [-0.15, -0.1) is 0 Å². The lowest BCUT2D eigenvalue weighted by molar-refractivity contribution is -0.125. The summed E-state index contributed by atoms with van der Waals surface area (Å²) < 4.78 is 31.4. The number of aliphatic hydroxyl groups excluding tert-OH is 1. The highest BCUT2D eigenvalue weighted by Gasteiger charge is 2.47. The summed E-state index contributed by atoms with van der Waals surface area (Å²) >= 11 is 12.6. The third kappa shape index (κ3) is 6.70. The number of carbonyl (C=O) groups is 2. The number of anilines is 2. The number of benzene rings is 2. The highest BCUT2D eigenvalue weighted by molar-refractivity contribution is 7.89. The SMILES string of the molecule is CC(C)C[C@@H](CO)NC(=O)[C@@H]1CCCN1S(=O)(=O)c1cnc2n1[C@H](Cc1ccc(-c3cncnc3)cc1)C(=O)N2c1cc(Cl)cc(Cl)c1. The van der Waals surface area contributed by atoms with Crippen molar-refractivity contribution in [3.63, 3.8) is 0 Å². The Balaban J connectivity index is 1.37. The Bertz CT molecular complexity index is 1900. The van der Waals surface area contributed by atoms with Crippen LogP contribution in [0.4, 0.5) is 11.6 Å². The summed E-state index contributed by atoms with van der Waals surface area (Å²) in [5.74, 6) is -0.569. The molecule has 0 spiro atoms. The number of halogens is 2. The van der Waals surface area contributed by atoms with Crippen molar-refractivity contribution in [3.8, 4) is 11.1 Å². The Kier molecular flexibility index (Phi) is 9.86. The second kappa shape index (κ2) is 13.9. The minimum absolute atomic E-state index is 0.0949. The van der Waals surface area contributed by atoms with Gasteiger partial charge in [-0.2, -0.15) is 4.31 Å². The van der Waals surface area contributed by atoms with E-state index in [0.29, 0.717) is 35.0 Å². The number of nitrogens with zero attached hydrogens (tertiary/aromatic N) is 6. The number of rotatable bonds is 11. The molecule has 12 nitrogen and oxygen atoms in total. The molecule has 252 valence electrons. The maximum absolute atomic E-state index is 14.4. The largest absolute Gasteiger partial charge is 0.394 e. The van der Waals surface area contributed by atoms with Gasteiger partial charge in [-0.05, 0) is 54.5 Å². The Morgan fingerprint density at radius 1 is 1.04 bits per heavy atom.